The number of aliphatic hydroxyl groups is 1. The fourth-order valence-electron chi connectivity index (χ4n) is 6.55. The van der Waals surface area contributed by atoms with Crippen LogP contribution in [0.5, 0.6) is 5.88 Å². The summed E-state index contributed by atoms with van der Waals surface area (Å²) in [6, 6.07) is 0. The van der Waals surface area contributed by atoms with E-state index in [2.05, 4.69) is 37.6 Å². The van der Waals surface area contributed by atoms with Crippen molar-refractivity contribution >= 4 is 10.9 Å². The number of halogens is 1. The van der Waals surface area contributed by atoms with E-state index in [1.54, 1.807) is 7.11 Å². The minimum absolute atomic E-state index is 0.00130. The first-order chi connectivity index (χ1) is 17.5. The van der Waals surface area contributed by atoms with Gasteiger partial charge in [0.25, 0.3) is 0 Å². The van der Waals surface area contributed by atoms with Crippen LogP contribution in [0.2, 0.25) is 0 Å². The number of ether oxygens (including phenoxy) is 2. The zero-order valence-electron chi connectivity index (χ0n) is 23.5. The Morgan fingerprint density at radius 2 is 1.76 bits per heavy atom. The molecule has 0 spiro atoms. The summed E-state index contributed by atoms with van der Waals surface area (Å²) in [4.78, 5) is 16.9. The van der Waals surface area contributed by atoms with Crippen molar-refractivity contribution in [1.29, 1.82) is 0 Å². The van der Waals surface area contributed by atoms with Gasteiger partial charge in [-0.2, -0.15) is 0 Å². The van der Waals surface area contributed by atoms with Crippen LogP contribution in [0.25, 0.3) is 10.9 Å². The quantitative estimate of drug-likeness (QED) is 0.488. The Hall–Kier alpha value is -1.90. The Morgan fingerprint density at radius 1 is 1.08 bits per heavy atom. The fraction of sp³-hybridized carbons (Fsp3) is 0.759. The van der Waals surface area contributed by atoms with E-state index < -0.39 is 6.67 Å². The number of alkyl halides is 1. The van der Waals surface area contributed by atoms with Crippen molar-refractivity contribution in [2.45, 2.75) is 109 Å². The van der Waals surface area contributed by atoms with Crippen molar-refractivity contribution in [3.63, 3.8) is 0 Å². The molecule has 1 saturated heterocycles. The minimum Gasteiger partial charge on any atom is -0.474 e. The molecule has 2 fully saturated rings. The highest BCUT2D eigenvalue weighted by Crippen LogP contribution is 2.41. The number of hydrogen-bond acceptors (Lipinski definition) is 7. The van der Waals surface area contributed by atoms with E-state index in [1.807, 2.05) is 19.3 Å². The normalized spacial score (nSPS) is 25.3. The van der Waals surface area contributed by atoms with Crippen LogP contribution < -0.4 is 4.74 Å². The molecule has 0 unspecified atom stereocenters. The molecule has 7 nitrogen and oxygen atoms in total. The van der Waals surface area contributed by atoms with Gasteiger partial charge in [0.2, 0.25) is 5.88 Å². The summed E-state index contributed by atoms with van der Waals surface area (Å²) in [5.74, 6) is 1.38. The van der Waals surface area contributed by atoms with Gasteiger partial charge < -0.3 is 14.6 Å². The van der Waals surface area contributed by atoms with Crippen molar-refractivity contribution in [3.05, 3.63) is 23.8 Å². The standard InChI is InChI=1S/C29H45FN4O3/c1-19(16-30)13-25-31-18-24-26(33-25)23(20-7-9-21(35)10-8-20)17-32-27(24)37-22-14-28(2,3)34(11-12-36-6)29(4,5)15-22/h17-22,35H,7-16H2,1-6H3/t19-,20?,21?/m1/s1. The summed E-state index contributed by atoms with van der Waals surface area (Å²) in [6.45, 7) is 12.1. The molecule has 1 saturated carbocycles. The van der Waals surface area contributed by atoms with Crippen molar-refractivity contribution < 1.29 is 19.0 Å². The molecular formula is C29H45FN4O3. The van der Waals surface area contributed by atoms with Crippen LogP contribution >= 0.6 is 0 Å². The van der Waals surface area contributed by atoms with Crippen LogP contribution in [0, 0.1) is 5.92 Å². The van der Waals surface area contributed by atoms with E-state index in [-0.39, 0.29) is 35.1 Å². The molecule has 1 aliphatic carbocycles. The van der Waals surface area contributed by atoms with Gasteiger partial charge in [0.15, 0.2) is 0 Å². The zero-order chi connectivity index (χ0) is 26.8. The van der Waals surface area contributed by atoms with E-state index in [9.17, 15) is 9.50 Å². The van der Waals surface area contributed by atoms with Crippen LogP contribution in [0.4, 0.5) is 4.39 Å². The lowest BCUT2D eigenvalue weighted by molar-refractivity contribution is -0.0815. The number of nitrogens with zero attached hydrogens (tertiary/aromatic N) is 4. The lowest BCUT2D eigenvalue weighted by atomic mass is 9.78. The van der Waals surface area contributed by atoms with Gasteiger partial charge in [0.05, 0.1) is 30.3 Å². The van der Waals surface area contributed by atoms with Crippen LogP contribution in [0.15, 0.2) is 12.4 Å². The van der Waals surface area contributed by atoms with Crippen LogP contribution in [0.1, 0.15) is 90.4 Å². The molecule has 2 aromatic heterocycles. The monoisotopic (exact) mass is 516 g/mol. The van der Waals surface area contributed by atoms with Crippen molar-refractivity contribution in [2.75, 3.05) is 26.9 Å². The molecule has 1 aliphatic heterocycles. The maximum absolute atomic E-state index is 13.2. The molecule has 3 heterocycles. The predicted octanol–water partition coefficient (Wildman–Crippen LogP) is 5.24. The second-order valence-electron chi connectivity index (χ2n) is 12.5. The summed E-state index contributed by atoms with van der Waals surface area (Å²) >= 11 is 0. The van der Waals surface area contributed by atoms with Crippen LogP contribution in [-0.4, -0.2) is 75.2 Å². The van der Waals surface area contributed by atoms with E-state index in [0.717, 1.165) is 61.5 Å². The first kappa shape index (κ1) is 28.1. The lowest BCUT2D eigenvalue weighted by Crippen LogP contribution is -2.63. The van der Waals surface area contributed by atoms with E-state index in [4.69, 9.17) is 19.4 Å². The van der Waals surface area contributed by atoms with Gasteiger partial charge in [-0.1, -0.05) is 6.92 Å². The first-order valence-electron chi connectivity index (χ1n) is 13.9. The molecule has 4 rings (SSSR count). The third-order valence-corrected chi connectivity index (χ3v) is 8.31. The average Bonchev–Trinajstić information content (AvgIpc) is 2.83. The highest BCUT2D eigenvalue weighted by Gasteiger charge is 2.46. The second kappa shape index (κ2) is 11.5. The number of aromatic nitrogens is 3. The summed E-state index contributed by atoms with van der Waals surface area (Å²) in [6.07, 6.45) is 9.13. The molecule has 1 atom stereocenters. The Bertz CT molecular complexity index is 1040. The molecule has 0 bridgehead atoms. The van der Waals surface area contributed by atoms with Crippen LogP contribution in [-0.2, 0) is 11.2 Å². The van der Waals surface area contributed by atoms with Crippen molar-refractivity contribution in [3.8, 4) is 5.88 Å². The average molecular weight is 517 g/mol. The first-order valence-corrected chi connectivity index (χ1v) is 13.9. The maximum atomic E-state index is 13.2. The molecule has 206 valence electrons. The zero-order valence-corrected chi connectivity index (χ0v) is 23.5. The van der Waals surface area contributed by atoms with Gasteiger partial charge >= 0.3 is 0 Å². The number of rotatable bonds is 9. The fourth-order valence-corrected chi connectivity index (χ4v) is 6.55. The Balaban J connectivity index is 1.65. The molecule has 0 radical (unpaired) electrons. The topological polar surface area (TPSA) is 80.6 Å². The molecule has 2 aromatic rings. The molecule has 1 N–H and O–H groups in total. The van der Waals surface area contributed by atoms with Gasteiger partial charge in [0.1, 0.15) is 11.9 Å². The molecular weight excluding hydrogens is 471 g/mol. The van der Waals surface area contributed by atoms with Gasteiger partial charge in [-0.3, -0.25) is 9.29 Å². The lowest BCUT2D eigenvalue weighted by Gasteiger charge is -2.55. The van der Waals surface area contributed by atoms with Gasteiger partial charge in [-0.05, 0) is 65.2 Å². The summed E-state index contributed by atoms with van der Waals surface area (Å²) in [5.41, 5.74) is 1.82. The molecule has 0 amide bonds. The van der Waals surface area contributed by atoms with Gasteiger partial charge in [0, 0.05) is 62.0 Å². The molecule has 0 aromatic carbocycles. The Labute approximate surface area is 221 Å². The summed E-state index contributed by atoms with van der Waals surface area (Å²) in [7, 11) is 1.75. The maximum Gasteiger partial charge on any atom is 0.224 e. The number of likely N-dealkylation sites (tertiary alicyclic amines) is 1. The van der Waals surface area contributed by atoms with Crippen LogP contribution in [0.3, 0.4) is 0 Å². The van der Waals surface area contributed by atoms with Gasteiger partial charge in [-0.25, -0.2) is 15.0 Å². The second-order valence-corrected chi connectivity index (χ2v) is 12.5. The highest BCUT2D eigenvalue weighted by atomic mass is 19.1. The number of aliphatic hydroxyl groups excluding tert-OH is 1. The summed E-state index contributed by atoms with van der Waals surface area (Å²) < 4.78 is 25.2. The number of methoxy groups -OCH3 is 1. The number of pyridine rings is 1. The Kier molecular flexibility index (Phi) is 8.71. The molecule has 8 heteroatoms. The van der Waals surface area contributed by atoms with Gasteiger partial charge in [-0.15, -0.1) is 0 Å². The van der Waals surface area contributed by atoms with Crippen molar-refractivity contribution in [1.82, 2.24) is 19.9 Å². The molecule has 2 aliphatic rings. The third kappa shape index (κ3) is 6.40. The summed E-state index contributed by atoms with van der Waals surface area (Å²) in [5, 5.41) is 10.8. The van der Waals surface area contributed by atoms with Crippen molar-refractivity contribution in [2.24, 2.45) is 5.92 Å². The Morgan fingerprint density at radius 3 is 2.38 bits per heavy atom. The third-order valence-electron chi connectivity index (χ3n) is 8.31. The van der Waals surface area contributed by atoms with E-state index in [0.29, 0.717) is 24.7 Å². The molecule has 37 heavy (non-hydrogen) atoms. The minimum atomic E-state index is -0.395. The van der Waals surface area contributed by atoms with E-state index >= 15 is 0 Å². The number of hydrogen-bond donors (Lipinski definition) is 1. The SMILES string of the molecule is COCCN1C(C)(C)CC(Oc2ncc(C3CCC(O)CC3)c3nc(C[C@@H](C)CF)ncc23)CC1(C)C. The smallest absolute Gasteiger partial charge is 0.224 e. The highest BCUT2D eigenvalue weighted by molar-refractivity contribution is 5.85. The number of piperidine rings is 1. The largest absolute Gasteiger partial charge is 0.474 e. The number of fused-ring (bicyclic) bond motifs is 1. The van der Waals surface area contributed by atoms with E-state index in [1.165, 1.54) is 0 Å². The predicted molar refractivity (Wildman–Crippen MR) is 144 cm³/mol.